The Labute approximate surface area is 123 Å². The van der Waals surface area contributed by atoms with E-state index < -0.39 is 10.0 Å². The quantitative estimate of drug-likeness (QED) is 0.841. The molecule has 0 aliphatic heterocycles. The number of aliphatic hydroxyl groups is 1. The van der Waals surface area contributed by atoms with E-state index in [1.807, 2.05) is 0 Å². The van der Waals surface area contributed by atoms with Crippen LogP contribution >= 0.6 is 0 Å². The van der Waals surface area contributed by atoms with E-state index in [-0.39, 0.29) is 18.9 Å². The highest BCUT2D eigenvalue weighted by Crippen LogP contribution is 2.13. The molecule has 0 aliphatic rings. The molecule has 0 unspecified atom stereocenters. The largest absolute Gasteiger partial charge is 0.392 e. The van der Waals surface area contributed by atoms with Crippen molar-refractivity contribution in [2.75, 3.05) is 0 Å². The number of benzene rings is 1. The van der Waals surface area contributed by atoms with Gasteiger partial charge in [0.25, 0.3) is 0 Å². The van der Waals surface area contributed by atoms with Crippen molar-refractivity contribution >= 4 is 10.0 Å². The van der Waals surface area contributed by atoms with Crippen LogP contribution in [0, 0.1) is 13.8 Å². The van der Waals surface area contributed by atoms with E-state index in [0.29, 0.717) is 17.0 Å². The second-order valence-corrected chi connectivity index (χ2v) is 6.66. The highest BCUT2D eigenvalue weighted by Gasteiger charge is 2.15. The van der Waals surface area contributed by atoms with Crippen molar-refractivity contribution in [2.45, 2.75) is 32.8 Å². The first-order chi connectivity index (χ1) is 9.91. The first kappa shape index (κ1) is 15.7. The van der Waals surface area contributed by atoms with Gasteiger partial charge in [-0.3, -0.25) is 0 Å². The molecular formula is C14H18N2O4S. The summed E-state index contributed by atoms with van der Waals surface area (Å²) in [6.07, 6.45) is 0. The minimum atomic E-state index is -3.45. The van der Waals surface area contributed by atoms with Crippen LogP contribution in [0.25, 0.3) is 0 Å². The van der Waals surface area contributed by atoms with Gasteiger partial charge < -0.3 is 9.63 Å². The number of hydrogen-bond donors (Lipinski definition) is 2. The molecule has 0 fully saturated rings. The second kappa shape index (κ2) is 6.38. The van der Waals surface area contributed by atoms with Gasteiger partial charge in [-0.25, -0.2) is 13.1 Å². The fraction of sp³-hybridized carbons (Fsp3) is 0.357. The van der Waals surface area contributed by atoms with Crippen molar-refractivity contribution in [1.29, 1.82) is 0 Å². The summed E-state index contributed by atoms with van der Waals surface area (Å²) in [5.74, 6) is 0.504. The summed E-state index contributed by atoms with van der Waals surface area (Å²) in [6, 6.07) is 6.81. The van der Waals surface area contributed by atoms with E-state index in [1.54, 1.807) is 38.1 Å². The standard InChI is InChI=1S/C14H18N2O4S/c1-10-14(11(2)20-16-10)7-15-21(18,19)9-13-5-3-12(8-17)4-6-13/h3-6,15,17H,7-9H2,1-2H3. The average Bonchev–Trinajstić information content (AvgIpc) is 2.76. The number of hydrogen-bond acceptors (Lipinski definition) is 5. The third kappa shape index (κ3) is 4.13. The Morgan fingerprint density at radius 3 is 2.33 bits per heavy atom. The fourth-order valence-corrected chi connectivity index (χ4v) is 3.05. The first-order valence-corrected chi connectivity index (χ1v) is 8.14. The number of aryl methyl sites for hydroxylation is 2. The van der Waals surface area contributed by atoms with Crippen molar-refractivity contribution in [3.63, 3.8) is 0 Å². The second-order valence-electron chi connectivity index (χ2n) is 4.86. The van der Waals surface area contributed by atoms with Crippen molar-refractivity contribution in [3.8, 4) is 0 Å². The van der Waals surface area contributed by atoms with E-state index in [9.17, 15) is 8.42 Å². The first-order valence-electron chi connectivity index (χ1n) is 6.49. The molecule has 0 aliphatic carbocycles. The maximum atomic E-state index is 12.1. The summed E-state index contributed by atoms with van der Waals surface area (Å²) < 4.78 is 31.7. The molecule has 0 amide bonds. The van der Waals surface area contributed by atoms with Crippen LogP contribution in [-0.4, -0.2) is 18.7 Å². The Balaban J connectivity index is 2.01. The molecule has 114 valence electrons. The van der Waals surface area contributed by atoms with E-state index in [2.05, 4.69) is 9.88 Å². The van der Waals surface area contributed by atoms with Crippen LogP contribution in [0.1, 0.15) is 28.1 Å². The van der Waals surface area contributed by atoms with Crippen LogP contribution in [0.15, 0.2) is 28.8 Å². The van der Waals surface area contributed by atoms with Crippen molar-refractivity contribution in [1.82, 2.24) is 9.88 Å². The summed E-state index contributed by atoms with van der Waals surface area (Å²) in [5.41, 5.74) is 2.86. The summed E-state index contributed by atoms with van der Waals surface area (Å²) >= 11 is 0. The van der Waals surface area contributed by atoms with Gasteiger partial charge in [-0.2, -0.15) is 0 Å². The zero-order chi connectivity index (χ0) is 15.5. The maximum absolute atomic E-state index is 12.1. The van der Waals surface area contributed by atoms with Crippen molar-refractivity contribution < 1.29 is 18.0 Å². The molecule has 0 saturated carbocycles. The van der Waals surface area contributed by atoms with E-state index in [4.69, 9.17) is 9.63 Å². The molecule has 7 heteroatoms. The fourth-order valence-electron chi connectivity index (χ4n) is 1.95. The van der Waals surface area contributed by atoms with Gasteiger partial charge >= 0.3 is 0 Å². The Kier molecular flexibility index (Phi) is 4.76. The molecule has 0 radical (unpaired) electrons. The van der Waals surface area contributed by atoms with Gasteiger partial charge in [0.2, 0.25) is 10.0 Å². The number of sulfonamides is 1. The molecule has 0 saturated heterocycles. The van der Waals surface area contributed by atoms with E-state index in [1.165, 1.54) is 0 Å². The van der Waals surface area contributed by atoms with Crippen LogP contribution in [0.4, 0.5) is 0 Å². The molecule has 0 atom stereocenters. The normalized spacial score (nSPS) is 11.8. The van der Waals surface area contributed by atoms with Gasteiger partial charge in [0, 0.05) is 12.1 Å². The third-order valence-electron chi connectivity index (χ3n) is 3.21. The summed E-state index contributed by atoms with van der Waals surface area (Å²) in [6.45, 7) is 3.63. The zero-order valence-electron chi connectivity index (χ0n) is 12.0. The molecule has 0 bridgehead atoms. The highest BCUT2D eigenvalue weighted by atomic mass is 32.2. The summed E-state index contributed by atoms with van der Waals surface area (Å²) in [5, 5.41) is 12.7. The number of rotatable bonds is 6. The van der Waals surface area contributed by atoms with Gasteiger partial charge in [-0.15, -0.1) is 0 Å². The van der Waals surface area contributed by atoms with Gasteiger partial charge in [-0.05, 0) is 25.0 Å². The predicted molar refractivity (Wildman–Crippen MR) is 77.8 cm³/mol. The van der Waals surface area contributed by atoms with Crippen LogP contribution in [0.5, 0.6) is 0 Å². The Bertz CT molecular complexity index is 686. The number of nitrogens with zero attached hydrogens (tertiary/aromatic N) is 1. The molecule has 2 aromatic rings. The summed E-state index contributed by atoms with van der Waals surface area (Å²) in [4.78, 5) is 0. The number of nitrogens with one attached hydrogen (secondary N) is 1. The smallest absolute Gasteiger partial charge is 0.216 e. The molecule has 1 heterocycles. The number of aromatic nitrogens is 1. The Hall–Kier alpha value is -1.70. The monoisotopic (exact) mass is 310 g/mol. The number of aliphatic hydroxyl groups excluding tert-OH is 1. The van der Waals surface area contributed by atoms with Gasteiger partial charge in [0.1, 0.15) is 5.76 Å². The lowest BCUT2D eigenvalue weighted by molar-refractivity contribution is 0.282. The van der Waals surface area contributed by atoms with Gasteiger partial charge in [0.05, 0.1) is 18.1 Å². The zero-order valence-corrected chi connectivity index (χ0v) is 12.8. The lowest BCUT2D eigenvalue weighted by Gasteiger charge is -2.07. The Morgan fingerprint density at radius 2 is 1.81 bits per heavy atom. The topological polar surface area (TPSA) is 92.4 Å². The molecule has 2 rings (SSSR count). The van der Waals surface area contributed by atoms with Crippen molar-refractivity contribution in [3.05, 3.63) is 52.4 Å². The minimum absolute atomic E-state index is 0.0582. The van der Waals surface area contributed by atoms with Crippen LogP contribution < -0.4 is 4.72 Å². The van der Waals surface area contributed by atoms with E-state index >= 15 is 0 Å². The van der Waals surface area contributed by atoms with Gasteiger partial charge in [-0.1, -0.05) is 29.4 Å². The molecule has 0 spiro atoms. The van der Waals surface area contributed by atoms with E-state index in [0.717, 1.165) is 11.1 Å². The SMILES string of the molecule is Cc1noc(C)c1CNS(=O)(=O)Cc1ccc(CO)cc1. The molecule has 1 aromatic heterocycles. The molecular weight excluding hydrogens is 292 g/mol. The average molecular weight is 310 g/mol. The maximum Gasteiger partial charge on any atom is 0.216 e. The highest BCUT2D eigenvalue weighted by molar-refractivity contribution is 7.88. The molecule has 6 nitrogen and oxygen atoms in total. The Morgan fingerprint density at radius 1 is 1.19 bits per heavy atom. The van der Waals surface area contributed by atoms with Crippen LogP contribution in [-0.2, 0) is 28.9 Å². The molecule has 21 heavy (non-hydrogen) atoms. The minimum Gasteiger partial charge on any atom is -0.392 e. The lowest BCUT2D eigenvalue weighted by atomic mass is 10.2. The predicted octanol–water partition coefficient (Wildman–Crippen LogP) is 1.40. The molecule has 2 N–H and O–H groups in total. The van der Waals surface area contributed by atoms with Crippen molar-refractivity contribution in [2.24, 2.45) is 0 Å². The lowest BCUT2D eigenvalue weighted by Crippen LogP contribution is -2.25. The van der Waals surface area contributed by atoms with Gasteiger partial charge in [0.15, 0.2) is 0 Å². The van der Waals surface area contributed by atoms with Crippen LogP contribution in [0.2, 0.25) is 0 Å². The van der Waals surface area contributed by atoms with Crippen LogP contribution in [0.3, 0.4) is 0 Å². The summed E-state index contributed by atoms with van der Waals surface area (Å²) in [7, 11) is -3.45. The third-order valence-corrected chi connectivity index (χ3v) is 4.51. The molecule has 1 aromatic carbocycles.